The summed E-state index contributed by atoms with van der Waals surface area (Å²) < 4.78 is 0. The van der Waals surface area contributed by atoms with E-state index in [-0.39, 0.29) is 11.8 Å². The summed E-state index contributed by atoms with van der Waals surface area (Å²) in [5.41, 5.74) is 9.26. The van der Waals surface area contributed by atoms with Crippen molar-refractivity contribution in [3.05, 3.63) is 53.9 Å². The molecular weight excluding hydrogens is 250 g/mol. The Balaban J connectivity index is 1.95. The van der Waals surface area contributed by atoms with Crippen molar-refractivity contribution in [2.24, 2.45) is 0 Å². The van der Waals surface area contributed by atoms with Gasteiger partial charge in [-0.1, -0.05) is 19.1 Å². The van der Waals surface area contributed by atoms with Gasteiger partial charge in [0.25, 0.3) is 0 Å². The van der Waals surface area contributed by atoms with Crippen LogP contribution in [0.25, 0.3) is 0 Å². The van der Waals surface area contributed by atoms with Crippen molar-refractivity contribution in [2.75, 3.05) is 11.1 Å². The number of rotatable bonds is 4. The molecule has 1 heterocycles. The van der Waals surface area contributed by atoms with Crippen molar-refractivity contribution in [3.8, 4) is 0 Å². The van der Waals surface area contributed by atoms with Gasteiger partial charge in [0, 0.05) is 18.3 Å². The maximum absolute atomic E-state index is 12.0. The summed E-state index contributed by atoms with van der Waals surface area (Å²) in [7, 11) is 0. The third-order valence-electron chi connectivity index (χ3n) is 3.16. The molecule has 1 aromatic carbocycles. The summed E-state index contributed by atoms with van der Waals surface area (Å²) in [4.78, 5) is 16.1. The van der Waals surface area contributed by atoms with Crippen LogP contribution in [0, 0.1) is 6.92 Å². The topological polar surface area (TPSA) is 68.0 Å². The number of carbonyl (C=O) groups excluding carboxylic acids is 1. The molecule has 104 valence electrons. The Morgan fingerprint density at radius 2 is 2.00 bits per heavy atom. The number of carbonyl (C=O) groups is 1. The first-order valence-electron chi connectivity index (χ1n) is 6.61. The van der Waals surface area contributed by atoms with Gasteiger partial charge < -0.3 is 11.1 Å². The number of hydrogen-bond donors (Lipinski definition) is 2. The fourth-order valence-electron chi connectivity index (χ4n) is 2.06. The van der Waals surface area contributed by atoms with Crippen LogP contribution in [-0.4, -0.2) is 10.9 Å². The lowest BCUT2D eigenvalue weighted by atomic mass is 9.97. The Kier molecular flexibility index (Phi) is 4.35. The molecular formula is C16H19N3O. The zero-order valence-corrected chi connectivity index (χ0v) is 11.8. The van der Waals surface area contributed by atoms with Crippen LogP contribution in [0.1, 0.15) is 30.4 Å². The number of pyridine rings is 1. The SMILES string of the molecule is Cc1cncc(NC(=O)CC(C)c2ccc(N)cc2)c1. The third kappa shape index (κ3) is 3.82. The zero-order valence-electron chi connectivity index (χ0n) is 11.8. The normalized spacial score (nSPS) is 11.9. The molecule has 0 aliphatic rings. The molecule has 2 rings (SSSR count). The molecule has 0 fully saturated rings. The second kappa shape index (κ2) is 6.19. The second-order valence-corrected chi connectivity index (χ2v) is 5.07. The first-order chi connectivity index (χ1) is 9.54. The molecule has 1 atom stereocenters. The van der Waals surface area contributed by atoms with Crippen molar-refractivity contribution in [1.29, 1.82) is 0 Å². The Hall–Kier alpha value is -2.36. The van der Waals surface area contributed by atoms with Gasteiger partial charge in [0.2, 0.25) is 5.91 Å². The molecule has 0 saturated heterocycles. The van der Waals surface area contributed by atoms with Crippen molar-refractivity contribution in [2.45, 2.75) is 26.2 Å². The van der Waals surface area contributed by atoms with Crippen LogP contribution in [-0.2, 0) is 4.79 Å². The van der Waals surface area contributed by atoms with Gasteiger partial charge in [-0.3, -0.25) is 9.78 Å². The number of anilines is 2. The number of aryl methyl sites for hydroxylation is 1. The van der Waals surface area contributed by atoms with E-state index in [1.807, 2.05) is 44.2 Å². The molecule has 1 amide bonds. The number of nitrogens with two attached hydrogens (primary N) is 1. The summed E-state index contributed by atoms with van der Waals surface area (Å²) in [5, 5.41) is 2.87. The van der Waals surface area contributed by atoms with Crippen LogP contribution in [0.5, 0.6) is 0 Å². The van der Waals surface area contributed by atoms with Crippen LogP contribution < -0.4 is 11.1 Å². The van der Waals surface area contributed by atoms with Crippen LogP contribution in [0.2, 0.25) is 0 Å². The monoisotopic (exact) mass is 269 g/mol. The molecule has 1 aromatic heterocycles. The minimum Gasteiger partial charge on any atom is -0.399 e. The van der Waals surface area contributed by atoms with Crippen molar-refractivity contribution in [1.82, 2.24) is 4.98 Å². The number of aromatic nitrogens is 1. The quantitative estimate of drug-likeness (QED) is 0.838. The third-order valence-corrected chi connectivity index (χ3v) is 3.16. The highest BCUT2D eigenvalue weighted by molar-refractivity contribution is 5.91. The molecule has 4 heteroatoms. The maximum Gasteiger partial charge on any atom is 0.225 e. The zero-order chi connectivity index (χ0) is 14.5. The van der Waals surface area contributed by atoms with E-state index >= 15 is 0 Å². The Morgan fingerprint density at radius 1 is 1.30 bits per heavy atom. The average molecular weight is 269 g/mol. The van der Waals surface area contributed by atoms with E-state index < -0.39 is 0 Å². The highest BCUT2D eigenvalue weighted by Gasteiger charge is 2.11. The molecule has 1 unspecified atom stereocenters. The molecule has 0 bridgehead atoms. The van der Waals surface area contributed by atoms with Gasteiger partial charge in [-0.05, 0) is 42.2 Å². The summed E-state index contributed by atoms with van der Waals surface area (Å²) in [6.45, 7) is 3.97. The molecule has 0 aliphatic heterocycles. The number of nitrogens with zero attached hydrogens (tertiary/aromatic N) is 1. The molecule has 3 N–H and O–H groups in total. The summed E-state index contributed by atoms with van der Waals surface area (Å²) in [6.07, 6.45) is 3.84. The molecule has 0 saturated carbocycles. The molecule has 2 aromatic rings. The Morgan fingerprint density at radius 3 is 2.65 bits per heavy atom. The predicted molar refractivity (Wildman–Crippen MR) is 81.5 cm³/mol. The van der Waals surface area contributed by atoms with E-state index in [4.69, 9.17) is 5.73 Å². The number of amides is 1. The highest BCUT2D eigenvalue weighted by atomic mass is 16.1. The number of nitrogen functional groups attached to an aromatic ring is 1. The van der Waals surface area contributed by atoms with Gasteiger partial charge >= 0.3 is 0 Å². The van der Waals surface area contributed by atoms with Crippen LogP contribution in [0.3, 0.4) is 0 Å². The smallest absolute Gasteiger partial charge is 0.225 e. The van der Waals surface area contributed by atoms with Crippen LogP contribution in [0.4, 0.5) is 11.4 Å². The maximum atomic E-state index is 12.0. The lowest BCUT2D eigenvalue weighted by Gasteiger charge is -2.12. The minimum atomic E-state index is -0.0123. The number of hydrogen-bond acceptors (Lipinski definition) is 3. The van der Waals surface area contributed by atoms with E-state index in [9.17, 15) is 4.79 Å². The standard InChI is InChI=1S/C16H19N3O/c1-11-7-15(10-18-9-11)19-16(20)8-12(2)13-3-5-14(17)6-4-13/h3-7,9-10,12H,8,17H2,1-2H3,(H,19,20). The molecule has 4 nitrogen and oxygen atoms in total. The van der Waals surface area contributed by atoms with E-state index in [1.54, 1.807) is 12.4 Å². The van der Waals surface area contributed by atoms with Gasteiger partial charge in [-0.2, -0.15) is 0 Å². The van der Waals surface area contributed by atoms with Gasteiger partial charge in [-0.15, -0.1) is 0 Å². The summed E-state index contributed by atoms with van der Waals surface area (Å²) in [6, 6.07) is 9.53. The highest BCUT2D eigenvalue weighted by Crippen LogP contribution is 2.21. The van der Waals surface area contributed by atoms with Crippen molar-refractivity contribution >= 4 is 17.3 Å². The first-order valence-corrected chi connectivity index (χ1v) is 6.61. The summed E-state index contributed by atoms with van der Waals surface area (Å²) >= 11 is 0. The lowest BCUT2D eigenvalue weighted by Crippen LogP contribution is -2.14. The fourth-order valence-corrected chi connectivity index (χ4v) is 2.06. The van der Waals surface area contributed by atoms with Crippen LogP contribution in [0.15, 0.2) is 42.7 Å². The lowest BCUT2D eigenvalue weighted by molar-refractivity contribution is -0.116. The van der Waals surface area contributed by atoms with Gasteiger partial charge in [0.1, 0.15) is 0 Å². The van der Waals surface area contributed by atoms with Gasteiger partial charge in [0.15, 0.2) is 0 Å². The predicted octanol–water partition coefficient (Wildman–Crippen LogP) is 3.10. The van der Waals surface area contributed by atoms with Crippen molar-refractivity contribution in [3.63, 3.8) is 0 Å². The molecule has 0 aliphatic carbocycles. The Bertz CT molecular complexity index is 593. The number of benzene rings is 1. The van der Waals surface area contributed by atoms with E-state index in [0.717, 1.165) is 22.5 Å². The largest absolute Gasteiger partial charge is 0.399 e. The van der Waals surface area contributed by atoms with Gasteiger partial charge in [-0.25, -0.2) is 0 Å². The summed E-state index contributed by atoms with van der Waals surface area (Å²) in [5.74, 6) is 0.134. The molecule has 0 radical (unpaired) electrons. The van der Waals surface area contributed by atoms with E-state index in [2.05, 4.69) is 10.3 Å². The van der Waals surface area contributed by atoms with Gasteiger partial charge in [0.05, 0.1) is 11.9 Å². The number of nitrogens with one attached hydrogen (secondary N) is 1. The van der Waals surface area contributed by atoms with E-state index in [1.165, 1.54) is 0 Å². The van der Waals surface area contributed by atoms with Crippen LogP contribution >= 0.6 is 0 Å². The second-order valence-electron chi connectivity index (χ2n) is 5.07. The average Bonchev–Trinajstić information content (AvgIpc) is 2.39. The fraction of sp³-hybridized carbons (Fsp3) is 0.250. The minimum absolute atomic E-state index is 0.0123. The van der Waals surface area contributed by atoms with E-state index in [0.29, 0.717) is 6.42 Å². The van der Waals surface area contributed by atoms with Crippen molar-refractivity contribution < 1.29 is 4.79 Å². The molecule has 20 heavy (non-hydrogen) atoms. The Labute approximate surface area is 119 Å². The first kappa shape index (κ1) is 14.1. The molecule has 0 spiro atoms.